The third-order valence-electron chi connectivity index (χ3n) is 3.07. The van der Waals surface area contributed by atoms with Crippen LogP contribution >= 0.6 is 0 Å². The minimum absolute atomic E-state index is 0.00802. The van der Waals surface area contributed by atoms with E-state index in [0.29, 0.717) is 11.3 Å². The fraction of sp³-hybridized carbons (Fsp3) is 0.308. The van der Waals surface area contributed by atoms with Crippen molar-refractivity contribution in [3.05, 3.63) is 29.8 Å². The molecule has 1 aromatic rings. The highest BCUT2D eigenvalue weighted by Gasteiger charge is 2.34. The van der Waals surface area contributed by atoms with Gasteiger partial charge in [0.2, 0.25) is 5.91 Å². The van der Waals surface area contributed by atoms with Crippen molar-refractivity contribution in [2.75, 3.05) is 18.6 Å². The number of hydrogen-bond donors (Lipinski definition) is 1. The number of carboxylic acid groups (broad SMARTS) is 1. The first-order valence-electron chi connectivity index (χ1n) is 5.74. The molecular formula is C13H13NO5. The Balaban J connectivity index is 2.17. The lowest BCUT2D eigenvalue weighted by Gasteiger charge is -2.16. The van der Waals surface area contributed by atoms with Crippen molar-refractivity contribution in [1.29, 1.82) is 0 Å². The summed E-state index contributed by atoms with van der Waals surface area (Å²) in [4.78, 5) is 35.3. The number of amides is 1. The van der Waals surface area contributed by atoms with Crippen LogP contribution < -0.4 is 4.90 Å². The highest BCUT2D eigenvalue weighted by atomic mass is 16.5. The predicted octanol–water partition coefficient (Wildman–Crippen LogP) is 0.911. The van der Waals surface area contributed by atoms with Gasteiger partial charge in [0.05, 0.1) is 18.6 Å². The summed E-state index contributed by atoms with van der Waals surface area (Å²) in [7, 11) is 1.29. The fourth-order valence-corrected chi connectivity index (χ4v) is 2.02. The summed E-state index contributed by atoms with van der Waals surface area (Å²) in [5.41, 5.74) is 0.967. The van der Waals surface area contributed by atoms with E-state index in [1.165, 1.54) is 12.0 Å². The standard InChI is InChI=1S/C13H13NO5/c1-19-13(18)8-2-4-10(5-3-8)14-7-9(12(16)17)6-11(14)15/h2-5,9H,6-7H2,1H3,(H,16,17)/t9-/m1/s1. The zero-order valence-corrected chi connectivity index (χ0v) is 10.3. The molecule has 0 spiro atoms. The number of esters is 1. The molecule has 19 heavy (non-hydrogen) atoms. The predicted molar refractivity (Wildman–Crippen MR) is 65.9 cm³/mol. The SMILES string of the molecule is COC(=O)c1ccc(N2C[C@H](C(=O)O)CC2=O)cc1. The van der Waals surface area contributed by atoms with Crippen molar-refractivity contribution in [2.24, 2.45) is 5.92 Å². The van der Waals surface area contributed by atoms with Gasteiger partial charge in [0, 0.05) is 18.7 Å². The number of rotatable bonds is 3. The number of carbonyl (C=O) groups excluding carboxylic acids is 2. The normalized spacial score (nSPS) is 18.5. The van der Waals surface area contributed by atoms with E-state index in [0.717, 1.165) is 0 Å². The molecule has 1 aliphatic heterocycles. The molecule has 0 bridgehead atoms. The van der Waals surface area contributed by atoms with Gasteiger partial charge in [-0.3, -0.25) is 9.59 Å². The Morgan fingerprint density at radius 1 is 1.32 bits per heavy atom. The summed E-state index contributed by atoms with van der Waals surface area (Å²) < 4.78 is 4.57. The van der Waals surface area contributed by atoms with Gasteiger partial charge < -0.3 is 14.7 Å². The van der Waals surface area contributed by atoms with Gasteiger partial charge in [-0.25, -0.2) is 4.79 Å². The lowest BCUT2D eigenvalue weighted by molar-refractivity contribution is -0.141. The third-order valence-corrected chi connectivity index (χ3v) is 3.07. The number of nitrogens with zero attached hydrogens (tertiary/aromatic N) is 1. The number of ether oxygens (including phenoxy) is 1. The van der Waals surface area contributed by atoms with Crippen LogP contribution in [0.5, 0.6) is 0 Å². The Kier molecular flexibility index (Phi) is 3.50. The van der Waals surface area contributed by atoms with Crippen LogP contribution in [-0.4, -0.2) is 36.6 Å². The number of carbonyl (C=O) groups is 3. The summed E-state index contributed by atoms with van der Waals surface area (Å²) in [5.74, 6) is -2.32. The molecule has 0 unspecified atom stereocenters. The molecule has 0 aromatic heterocycles. The maximum absolute atomic E-state index is 11.7. The van der Waals surface area contributed by atoms with Crippen LogP contribution in [0.3, 0.4) is 0 Å². The number of benzene rings is 1. The zero-order chi connectivity index (χ0) is 14.0. The summed E-state index contributed by atoms with van der Waals surface area (Å²) in [6.45, 7) is 0.158. The molecule has 6 nitrogen and oxygen atoms in total. The summed E-state index contributed by atoms with van der Waals surface area (Å²) in [6, 6.07) is 6.30. The number of aliphatic carboxylic acids is 1. The molecule has 0 aliphatic carbocycles. The van der Waals surface area contributed by atoms with Gasteiger partial charge in [0.1, 0.15) is 0 Å². The van der Waals surface area contributed by atoms with Gasteiger partial charge in [-0.05, 0) is 24.3 Å². The number of anilines is 1. The Bertz CT molecular complexity index is 522. The molecule has 1 amide bonds. The van der Waals surface area contributed by atoms with Crippen LogP contribution in [0.1, 0.15) is 16.8 Å². The highest BCUT2D eigenvalue weighted by Crippen LogP contribution is 2.25. The van der Waals surface area contributed by atoms with Gasteiger partial charge in [-0.15, -0.1) is 0 Å². The lowest BCUT2D eigenvalue weighted by Crippen LogP contribution is -2.25. The van der Waals surface area contributed by atoms with E-state index in [1.54, 1.807) is 24.3 Å². The maximum Gasteiger partial charge on any atom is 0.337 e. The van der Waals surface area contributed by atoms with Crippen molar-refractivity contribution < 1.29 is 24.2 Å². The largest absolute Gasteiger partial charge is 0.481 e. The second-order valence-corrected chi connectivity index (χ2v) is 4.28. The molecule has 1 N–H and O–H groups in total. The van der Waals surface area contributed by atoms with Crippen LogP contribution in [-0.2, 0) is 14.3 Å². The fourth-order valence-electron chi connectivity index (χ4n) is 2.02. The van der Waals surface area contributed by atoms with Crippen LogP contribution in [0.4, 0.5) is 5.69 Å². The monoisotopic (exact) mass is 263 g/mol. The second kappa shape index (κ2) is 5.09. The Morgan fingerprint density at radius 2 is 1.95 bits per heavy atom. The lowest BCUT2D eigenvalue weighted by atomic mass is 10.1. The highest BCUT2D eigenvalue weighted by molar-refractivity contribution is 5.99. The molecule has 1 aromatic carbocycles. The maximum atomic E-state index is 11.7. The van der Waals surface area contributed by atoms with E-state index in [1.807, 2.05) is 0 Å². The van der Waals surface area contributed by atoms with Crippen LogP contribution in [0.25, 0.3) is 0 Å². The van der Waals surface area contributed by atoms with Crippen molar-refractivity contribution in [2.45, 2.75) is 6.42 Å². The molecule has 1 aliphatic rings. The van der Waals surface area contributed by atoms with E-state index < -0.39 is 17.9 Å². The molecule has 0 saturated carbocycles. The summed E-state index contributed by atoms with van der Waals surface area (Å²) in [6.07, 6.45) is 0.00802. The minimum atomic E-state index is -0.970. The number of carboxylic acids is 1. The van der Waals surface area contributed by atoms with Crippen molar-refractivity contribution in [3.8, 4) is 0 Å². The quantitative estimate of drug-likeness (QED) is 0.819. The molecule has 1 saturated heterocycles. The van der Waals surface area contributed by atoms with Crippen molar-refractivity contribution in [3.63, 3.8) is 0 Å². The Hall–Kier alpha value is -2.37. The van der Waals surface area contributed by atoms with E-state index in [-0.39, 0.29) is 18.9 Å². The first kappa shape index (κ1) is 13.1. The summed E-state index contributed by atoms with van der Waals surface area (Å²) in [5, 5.41) is 8.90. The van der Waals surface area contributed by atoms with Gasteiger partial charge in [-0.2, -0.15) is 0 Å². The zero-order valence-electron chi connectivity index (χ0n) is 10.3. The Labute approximate surface area is 109 Å². The average Bonchev–Trinajstić information content (AvgIpc) is 2.80. The van der Waals surface area contributed by atoms with Crippen molar-refractivity contribution in [1.82, 2.24) is 0 Å². The van der Waals surface area contributed by atoms with E-state index in [2.05, 4.69) is 4.74 Å². The van der Waals surface area contributed by atoms with E-state index >= 15 is 0 Å². The second-order valence-electron chi connectivity index (χ2n) is 4.28. The smallest absolute Gasteiger partial charge is 0.337 e. The molecule has 100 valence electrons. The molecule has 1 fully saturated rings. The molecular weight excluding hydrogens is 250 g/mol. The van der Waals surface area contributed by atoms with E-state index in [4.69, 9.17) is 5.11 Å². The molecule has 1 atom stereocenters. The Morgan fingerprint density at radius 3 is 2.42 bits per heavy atom. The van der Waals surface area contributed by atoms with Gasteiger partial charge >= 0.3 is 11.9 Å². The van der Waals surface area contributed by atoms with Crippen molar-refractivity contribution >= 4 is 23.5 Å². The molecule has 2 rings (SSSR count). The average molecular weight is 263 g/mol. The summed E-state index contributed by atoms with van der Waals surface area (Å²) >= 11 is 0. The van der Waals surface area contributed by atoms with Gasteiger partial charge in [0.25, 0.3) is 0 Å². The van der Waals surface area contributed by atoms with Crippen LogP contribution in [0, 0.1) is 5.92 Å². The first-order chi connectivity index (χ1) is 9.02. The molecule has 6 heteroatoms. The van der Waals surface area contributed by atoms with Gasteiger partial charge in [0.15, 0.2) is 0 Å². The first-order valence-corrected chi connectivity index (χ1v) is 5.74. The number of methoxy groups -OCH3 is 1. The molecule has 0 radical (unpaired) electrons. The van der Waals surface area contributed by atoms with Crippen LogP contribution in [0.2, 0.25) is 0 Å². The topological polar surface area (TPSA) is 83.9 Å². The van der Waals surface area contributed by atoms with Gasteiger partial charge in [-0.1, -0.05) is 0 Å². The number of hydrogen-bond acceptors (Lipinski definition) is 4. The molecule has 1 heterocycles. The van der Waals surface area contributed by atoms with E-state index in [9.17, 15) is 14.4 Å². The third kappa shape index (κ3) is 2.57. The minimum Gasteiger partial charge on any atom is -0.481 e. The van der Waals surface area contributed by atoms with Crippen LogP contribution in [0.15, 0.2) is 24.3 Å².